The molecule has 0 aliphatic rings. The zero-order valence-electron chi connectivity index (χ0n) is 10.3. The van der Waals surface area contributed by atoms with E-state index in [9.17, 15) is 0 Å². The number of nitrogens with two attached hydrogens (primary N) is 1. The number of nitrogens with zero attached hydrogens (tertiary/aromatic N) is 3. The van der Waals surface area contributed by atoms with Crippen molar-refractivity contribution in [1.29, 1.82) is 0 Å². The fourth-order valence-corrected chi connectivity index (χ4v) is 2.64. The standard InChI is InChI=1S/C13H12N4OS/c1-18-9-2-4-10(5-3-9)19-13-12-15-6-7-17(12)8-11(14)16-13/h2-8H,14H2,1H3. The maximum Gasteiger partial charge on any atom is 0.170 e. The van der Waals surface area contributed by atoms with Gasteiger partial charge in [0.1, 0.15) is 16.6 Å². The molecule has 0 bridgehead atoms. The van der Waals surface area contributed by atoms with Gasteiger partial charge in [0, 0.05) is 17.3 Å². The Morgan fingerprint density at radius 3 is 2.79 bits per heavy atom. The average Bonchev–Trinajstić information content (AvgIpc) is 2.88. The molecular weight excluding hydrogens is 260 g/mol. The van der Waals surface area contributed by atoms with Gasteiger partial charge in [0.15, 0.2) is 5.65 Å². The third kappa shape index (κ3) is 2.34. The topological polar surface area (TPSA) is 65.4 Å². The lowest BCUT2D eigenvalue weighted by molar-refractivity contribution is 0.414. The largest absolute Gasteiger partial charge is 0.497 e. The van der Waals surface area contributed by atoms with Gasteiger partial charge in [-0.3, -0.25) is 0 Å². The second-order valence-corrected chi connectivity index (χ2v) is 4.97. The lowest BCUT2D eigenvalue weighted by atomic mass is 10.3. The summed E-state index contributed by atoms with van der Waals surface area (Å²) in [5, 5.41) is 0.787. The minimum Gasteiger partial charge on any atom is -0.497 e. The molecule has 2 N–H and O–H groups in total. The zero-order chi connectivity index (χ0) is 13.2. The van der Waals surface area contributed by atoms with Crippen LogP contribution in [-0.2, 0) is 0 Å². The van der Waals surface area contributed by atoms with Gasteiger partial charge in [0.2, 0.25) is 0 Å². The Kier molecular flexibility index (Phi) is 3.00. The van der Waals surface area contributed by atoms with E-state index in [2.05, 4.69) is 9.97 Å². The van der Waals surface area contributed by atoms with E-state index in [0.717, 1.165) is 21.3 Å². The molecule has 19 heavy (non-hydrogen) atoms. The average molecular weight is 272 g/mol. The predicted octanol–water partition coefficient (Wildman–Crippen LogP) is 2.47. The molecule has 3 aromatic rings. The Balaban J connectivity index is 1.97. The third-order valence-corrected chi connectivity index (χ3v) is 3.61. The number of ether oxygens (including phenoxy) is 1. The molecule has 2 aromatic heterocycles. The quantitative estimate of drug-likeness (QED) is 0.793. The van der Waals surface area contributed by atoms with E-state index < -0.39 is 0 Å². The van der Waals surface area contributed by atoms with Crippen molar-refractivity contribution in [3.8, 4) is 5.75 Å². The van der Waals surface area contributed by atoms with Crippen LogP contribution in [0.15, 0.2) is 52.8 Å². The first-order chi connectivity index (χ1) is 9.26. The molecule has 0 saturated carbocycles. The van der Waals surface area contributed by atoms with Gasteiger partial charge in [0.05, 0.1) is 13.3 Å². The van der Waals surface area contributed by atoms with Crippen molar-refractivity contribution in [2.24, 2.45) is 0 Å². The van der Waals surface area contributed by atoms with Gasteiger partial charge in [0.25, 0.3) is 0 Å². The fourth-order valence-electron chi connectivity index (χ4n) is 1.75. The molecule has 0 amide bonds. The van der Waals surface area contributed by atoms with Crippen LogP contribution in [0.2, 0.25) is 0 Å². The second kappa shape index (κ2) is 4.81. The number of imidazole rings is 1. The van der Waals surface area contributed by atoms with Crippen LogP contribution in [0, 0.1) is 0 Å². The Labute approximate surface area is 114 Å². The number of benzene rings is 1. The first-order valence-electron chi connectivity index (χ1n) is 5.67. The molecule has 1 aromatic carbocycles. The molecule has 6 heteroatoms. The summed E-state index contributed by atoms with van der Waals surface area (Å²) < 4.78 is 7.00. The van der Waals surface area contributed by atoms with Crippen LogP contribution in [0.3, 0.4) is 0 Å². The molecular formula is C13H12N4OS. The molecule has 0 aliphatic carbocycles. The summed E-state index contributed by atoms with van der Waals surface area (Å²) in [6.45, 7) is 0. The summed E-state index contributed by atoms with van der Waals surface area (Å²) in [5.74, 6) is 1.30. The molecule has 0 spiro atoms. The number of aromatic nitrogens is 3. The van der Waals surface area contributed by atoms with E-state index in [1.165, 1.54) is 11.8 Å². The van der Waals surface area contributed by atoms with E-state index in [-0.39, 0.29) is 0 Å². The number of hydrogen-bond acceptors (Lipinski definition) is 5. The number of nitrogen functional groups attached to an aromatic ring is 1. The van der Waals surface area contributed by atoms with Gasteiger partial charge in [-0.1, -0.05) is 11.8 Å². The van der Waals surface area contributed by atoms with E-state index in [1.54, 1.807) is 19.5 Å². The van der Waals surface area contributed by atoms with Crippen LogP contribution in [-0.4, -0.2) is 21.5 Å². The number of rotatable bonds is 3. The molecule has 0 unspecified atom stereocenters. The predicted molar refractivity (Wildman–Crippen MR) is 74.5 cm³/mol. The highest BCUT2D eigenvalue weighted by molar-refractivity contribution is 7.99. The Morgan fingerprint density at radius 2 is 2.05 bits per heavy atom. The highest BCUT2D eigenvalue weighted by Crippen LogP contribution is 2.30. The van der Waals surface area contributed by atoms with Gasteiger partial charge in [-0.2, -0.15) is 0 Å². The minimum absolute atomic E-state index is 0.474. The van der Waals surface area contributed by atoms with Crippen molar-refractivity contribution in [2.45, 2.75) is 9.92 Å². The highest BCUT2D eigenvalue weighted by Gasteiger charge is 2.08. The van der Waals surface area contributed by atoms with E-state index in [4.69, 9.17) is 10.5 Å². The van der Waals surface area contributed by atoms with Crippen molar-refractivity contribution in [1.82, 2.24) is 14.4 Å². The normalized spacial score (nSPS) is 10.8. The smallest absolute Gasteiger partial charge is 0.170 e. The van der Waals surface area contributed by atoms with Gasteiger partial charge in [-0.05, 0) is 24.3 Å². The van der Waals surface area contributed by atoms with E-state index in [1.807, 2.05) is 34.9 Å². The van der Waals surface area contributed by atoms with Crippen LogP contribution < -0.4 is 10.5 Å². The Bertz CT molecular complexity index is 708. The first-order valence-corrected chi connectivity index (χ1v) is 6.49. The van der Waals surface area contributed by atoms with Crippen LogP contribution in [0.1, 0.15) is 0 Å². The summed E-state index contributed by atoms with van der Waals surface area (Å²) in [5.41, 5.74) is 6.59. The SMILES string of the molecule is COc1ccc(Sc2nc(N)cn3ccnc23)cc1. The van der Waals surface area contributed by atoms with Crippen LogP contribution in [0.25, 0.3) is 5.65 Å². The lowest BCUT2D eigenvalue weighted by Gasteiger charge is -2.05. The summed E-state index contributed by atoms with van der Waals surface area (Å²) in [6.07, 6.45) is 5.33. The van der Waals surface area contributed by atoms with Crippen molar-refractivity contribution >= 4 is 23.2 Å². The van der Waals surface area contributed by atoms with Gasteiger partial charge in [-0.15, -0.1) is 0 Å². The maximum absolute atomic E-state index is 5.79. The van der Waals surface area contributed by atoms with Crippen LogP contribution in [0.5, 0.6) is 5.75 Å². The van der Waals surface area contributed by atoms with Crippen molar-refractivity contribution in [3.63, 3.8) is 0 Å². The monoisotopic (exact) mass is 272 g/mol. The van der Waals surface area contributed by atoms with Crippen molar-refractivity contribution < 1.29 is 4.74 Å². The van der Waals surface area contributed by atoms with Gasteiger partial charge >= 0.3 is 0 Å². The molecule has 0 saturated heterocycles. The fraction of sp³-hybridized carbons (Fsp3) is 0.0769. The van der Waals surface area contributed by atoms with E-state index in [0.29, 0.717) is 5.82 Å². The van der Waals surface area contributed by atoms with Gasteiger partial charge in [-0.25, -0.2) is 9.97 Å². The first kappa shape index (κ1) is 11.9. The lowest BCUT2D eigenvalue weighted by Crippen LogP contribution is -1.97. The number of methoxy groups -OCH3 is 1. The Morgan fingerprint density at radius 1 is 1.26 bits per heavy atom. The number of anilines is 1. The van der Waals surface area contributed by atoms with Crippen LogP contribution >= 0.6 is 11.8 Å². The highest BCUT2D eigenvalue weighted by atomic mass is 32.2. The zero-order valence-corrected chi connectivity index (χ0v) is 11.1. The summed E-state index contributed by atoms with van der Waals surface area (Å²) in [4.78, 5) is 9.69. The molecule has 2 heterocycles. The van der Waals surface area contributed by atoms with Crippen molar-refractivity contribution in [2.75, 3.05) is 12.8 Å². The minimum atomic E-state index is 0.474. The maximum atomic E-state index is 5.79. The third-order valence-electron chi connectivity index (χ3n) is 2.64. The summed E-state index contributed by atoms with van der Waals surface area (Å²) >= 11 is 1.53. The molecule has 0 radical (unpaired) electrons. The number of hydrogen-bond donors (Lipinski definition) is 1. The molecule has 5 nitrogen and oxygen atoms in total. The van der Waals surface area contributed by atoms with Gasteiger partial charge < -0.3 is 14.9 Å². The van der Waals surface area contributed by atoms with E-state index >= 15 is 0 Å². The molecule has 0 aliphatic heterocycles. The summed E-state index contributed by atoms with van der Waals surface area (Å²) in [6, 6.07) is 7.79. The molecule has 0 atom stereocenters. The number of fused-ring (bicyclic) bond motifs is 1. The molecule has 96 valence electrons. The van der Waals surface area contributed by atoms with Crippen LogP contribution in [0.4, 0.5) is 5.82 Å². The summed E-state index contributed by atoms with van der Waals surface area (Å²) in [7, 11) is 1.65. The molecule has 3 rings (SSSR count). The van der Waals surface area contributed by atoms with Crippen molar-refractivity contribution in [3.05, 3.63) is 42.9 Å². The molecule has 0 fully saturated rings. The second-order valence-electron chi connectivity index (χ2n) is 3.91. The Hall–Kier alpha value is -2.21.